The maximum atomic E-state index is 13.8. The average Bonchev–Trinajstić information content (AvgIpc) is 2.99. The number of halogens is 1. The first-order valence-electron chi connectivity index (χ1n) is 9.37. The fourth-order valence-corrected chi connectivity index (χ4v) is 3.22. The van der Waals surface area contributed by atoms with Gasteiger partial charge in [-0.25, -0.2) is 4.39 Å². The zero-order chi connectivity index (χ0) is 21.7. The van der Waals surface area contributed by atoms with Crippen LogP contribution in [0.4, 0.5) is 10.1 Å². The molecule has 1 amide bonds. The van der Waals surface area contributed by atoms with Crippen LogP contribution in [0.5, 0.6) is 0 Å². The molecule has 0 radical (unpaired) electrons. The van der Waals surface area contributed by atoms with Gasteiger partial charge in [0.05, 0.1) is 12.3 Å². The number of carbonyl (C=O) groups excluding carboxylic acids is 2. The predicted octanol–water partition coefficient (Wildman–Crippen LogP) is 4.20. The first kappa shape index (κ1) is 20.8. The van der Waals surface area contributed by atoms with Gasteiger partial charge in [-0.15, -0.1) is 0 Å². The fraction of sp³-hybridized carbons (Fsp3) is 0.174. The van der Waals surface area contributed by atoms with Gasteiger partial charge < -0.3 is 14.6 Å². The molecule has 0 aliphatic carbocycles. The van der Waals surface area contributed by atoms with E-state index in [4.69, 9.17) is 4.74 Å². The lowest BCUT2D eigenvalue weighted by atomic mass is 10.1. The second-order valence-electron chi connectivity index (χ2n) is 6.51. The number of nitrogens with one attached hydrogen (secondary N) is 1. The summed E-state index contributed by atoms with van der Waals surface area (Å²) in [4.78, 5) is 24.6. The van der Waals surface area contributed by atoms with Gasteiger partial charge in [-0.1, -0.05) is 30.3 Å². The summed E-state index contributed by atoms with van der Waals surface area (Å²) in [6.45, 7) is 3.82. The SMILES string of the molecule is CCOC(=O)Cn1c(C)c(C=C(C#N)C(=O)Nc2ccccc2F)c2ccccc21. The molecule has 7 heteroatoms. The number of ether oxygens (including phenoxy) is 1. The Kier molecular flexibility index (Phi) is 6.28. The number of nitrogens with zero attached hydrogens (tertiary/aromatic N) is 2. The highest BCUT2D eigenvalue weighted by Crippen LogP contribution is 2.28. The quantitative estimate of drug-likeness (QED) is 0.378. The standard InChI is InChI=1S/C23H20FN3O3/c1-3-30-22(28)14-27-15(2)18(17-8-4-7-11-21(17)27)12-16(13-25)23(29)26-20-10-6-5-9-19(20)24/h4-12H,3,14H2,1-2H3,(H,26,29). The highest BCUT2D eigenvalue weighted by atomic mass is 19.1. The molecule has 0 spiro atoms. The molecule has 0 aliphatic rings. The minimum absolute atomic E-state index is 0.00916. The number of rotatable bonds is 6. The van der Waals surface area contributed by atoms with Crippen LogP contribution in [-0.2, 0) is 20.9 Å². The van der Waals surface area contributed by atoms with Gasteiger partial charge in [0.1, 0.15) is 24.0 Å². The van der Waals surface area contributed by atoms with Crippen molar-refractivity contribution in [2.75, 3.05) is 11.9 Å². The van der Waals surface area contributed by atoms with Gasteiger partial charge >= 0.3 is 5.97 Å². The highest BCUT2D eigenvalue weighted by molar-refractivity contribution is 6.11. The summed E-state index contributed by atoms with van der Waals surface area (Å²) < 4.78 is 20.7. The van der Waals surface area contributed by atoms with Crippen molar-refractivity contribution in [3.05, 3.63) is 71.2 Å². The van der Waals surface area contributed by atoms with E-state index < -0.39 is 11.7 Å². The molecule has 3 rings (SSSR count). The number of aromatic nitrogens is 1. The molecule has 0 atom stereocenters. The zero-order valence-electron chi connectivity index (χ0n) is 16.6. The van der Waals surface area contributed by atoms with Crippen molar-refractivity contribution in [1.82, 2.24) is 4.57 Å². The Balaban J connectivity index is 2.02. The fourth-order valence-electron chi connectivity index (χ4n) is 3.22. The van der Waals surface area contributed by atoms with Crippen LogP contribution >= 0.6 is 0 Å². The molecule has 2 aromatic carbocycles. The van der Waals surface area contributed by atoms with Crippen molar-refractivity contribution < 1.29 is 18.7 Å². The topological polar surface area (TPSA) is 84.1 Å². The summed E-state index contributed by atoms with van der Waals surface area (Å²) in [5, 5.41) is 12.7. The number of fused-ring (bicyclic) bond motifs is 1. The summed E-state index contributed by atoms with van der Waals surface area (Å²) in [6.07, 6.45) is 1.45. The van der Waals surface area contributed by atoms with Crippen molar-refractivity contribution in [3.63, 3.8) is 0 Å². The molecule has 1 aromatic heterocycles. The third-order valence-electron chi connectivity index (χ3n) is 4.65. The van der Waals surface area contributed by atoms with E-state index in [2.05, 4.69) is 5.32 Å². The second kappa shape index (κ2) is 9.05. The third-order valence-corrected chi connectivity index (χ3v) is 4.65. The number of amides is 1. The number of hydrogen-bond donors (Lipinski definition) is 1. The molecule has 0 saturated carbocycles. The Morgan fingerprint density at radius 2 is 1.90 bits per heavy atom. The highest BCUT2D eigenvalue weighted by Gasteiger charge is 2.18. The molecule has 3 aromatic rings. The van der Waals surface area contributed by atoms with Gasteiger partial charge in [0.2, 0.25) is 0 Å². The van der Waals surface area contributed by atoms with E-state index in [1.807, 2.05) is 30.3 Å². The van der Waals surface area contributed by atoms with Crippen LogP contribution in [0.15, 0.2) is 54.1 Å². The molecule has 1 heterocycles. The molecule has 30 heavy (non-hydrogen) atoms. The Bertz CT molecular complexity index is 1190. The van der Waals surface area contributed by atoms with E-state index in [0.717, 1.165) is 10.9 Å². The van der Waals surface area contributed by atoms with Crippen molar-refractivity contribution >= 4 is 34.5 Å². The lowest BCUT2D eigenvalue weighted by Gasteiger charge is -2.08. The summed E-state index contributed by atoms with van der Waals surface area (Å²) in [5.74, 6) is -1.69. The van der Waals surface area contributed by atoms with Crippen LogP contribution in [-0.4, -0.2) is 23.1 Å². The summed E-state index contributed by atoms with van der Waals surface area (Å²) >= 11 is 0. The van der Waals surface area contributed by atoms with E-state index >= 15 is 0 Å². The van der Waals surface area contributed by atoms with Crippen molar-refractivity contribution in [2.24, 2.45) is 0 Å². The Morgan fingerprint density at radius 3 is 2.60 bits per heavy atom. The molecule has 6 nitrogen and oxygen atoms in total. The normalized spacial score (nSPS) is 11.2. The number of carbonyl (C=O) groups is 2. The van der Waals surface area contributed by atoms with Gasteiger partial charge in [-0.2, -0.15) is 5.26 Å². The van der Waals surface area contributed by atoms with Gasteiger partial charge in [-0.3, -0.25) is 9.59 Å². The van der Waals surface area contributed by atoms with Gasteiger partial charge in [0.15, 0.2) is 0 Å². The Hall–Kier alpha value is -3.92. The number of hydrogen-bond acceptors (Lipinski definition) is 4. The van der Waals surface area contributed by atoms with Gasteiger partial charge in [-0.05, 0) is 38.1 Å². The first-order valence-corrected chi connectivity index (χ1v) is 9.37. The van der Waals surface area contributed by atoms with E-state index in [1.54, 1.807) is 24.5 Å². The van der Waals surface area contributed by atoms with Gasteiger partial charge in [0.25, 0.3) is 5.91 Å². The van der Waals surface area contributed by atoms with Crippen molar-refractivity contribution in [1.29, 1.82) is 5.26 Å². The van der Waals surface area contributed by atoms with Crippen LogP contribution < -0.4 is 5.32 Å². The third kappa shape index (κ3) is 4.23. The van der Waals surface area contributed by atoms with E-state index in [9.17, 15) is 19.2 Å². The summed E-state index contributed by atoms with van der Waals surface area (Å²) in [7, 11) is 0. The molecule has 152 valence electrons. The monoisotopic (exact) mass is 405 g/mol. The van der Waals surface area contributed by atoms with Crippen molar-refractivity contribution in [2.45, 2.75) is 20.4 Å². The molecule has 0 fully saturated rings. The average molecular weight is 405 g/mol. The molecular formula is C23H20FN3O3. The number of esters is 1. The Labute approximate surface area is 173 Å². The number of nitriles is 1. The molecule has 0 saturated heterocycles. The maximum Gasteiger partial charge on any atom is 0.325 e. The zero-order valence-corrected chi connectivity index (χ0v) is 16.6. The van der Waals surface area contributed by atoms with E-state index in [-0.39, 0.29) is 30.4 Å². The van der Waals surface area contributed by atoms with Gasteiger partial charge in [0, 0.05) is 22.2 Å². The largest absolute Gasteiger partial charge is 0.465 e. The van der Waals surface area contributed by atoms with Crippen LogP contribution in [0.2, 0.25) is 0 Å². The number of benzene rings is 2. The molecule has 0 aliphatic heterocycles. The van der Waals surface area contributed by atoms with E-state index in [0.29, 0.717) is 11.3 Å². The Morgan fingerprint density at radius 1 is 1.20 bits per heavy atom. The molecule has 1 N–H and O–H groups in total. The van der Waals surface area contributed by atoms with Crippen molar-refractivity contribution in [3.8, 4) is 6.07 Å². The predicted molar refractivity (Wildman–Crippen MR) is 112 cm³/mol. The van der Waals surface area contributed by atoms with Crippen LogP contribution in [0.1, 0.15) is 18.2 Å². The molecular weight excluding hydrogens is 385 g/mol. The molecule has 0 bridgehead atoms. The molecule has 0 unspecified atom stereocenters. The summed E-state index contributed by atoms with van der Waals surface area (Å²) in [5.41, 5.74) is 1.93. The van der Waals surface area contributed by atoms with Crippen LogP contribution in [0.3, 0.4) is 0 Å². The van der Waals surface area contributed by atoms with Crippen LogP contribution in [0, 0.1) is 24.1 Å². The smallest absolute Gasteiger partial charge is 0.325 e. The first-order chi connectivity index (χ1) is 14.5. The maximum absolute atomic E-state index is 13.8. The summed E-state index contributed by atoms with van der Waals surface area (Å²) in [6, 6.07) is 15.0. The number of para-hydroxylation sites is 2. The minimum atomic E-state index is -0.718. The minimum Gasteiger partial charge on any atom is -0.465 e. The second-order valence-corrected chi connectivity index (χ2v) is 6.51. The lowest BCUT2D eigenvalue weighted by Crippen LogP contribution is -2.15. The number of anilines is 1. The van der Waals surface area contributed by atoms with Crippen LogP contribution in [0.25, 0.3) is 17.0 Å². The van der Waals surface area contributed by atoms with E-state index in [1.165, 1.54) is 24.3 Å². The lowest BCUT2D eigenvalue weighted by molar-refractivity contribution is -0.143.